The van der Waals surface area contributed by atoms with E-state index in [1.54, 1.807) is 11.8 Å². The highest BCUT2D eigenvalue weighted by Gasteiger charge is 2.66. The molecule has 156 valence electrons. The standard InChI is InChI=1S/C24H34ClFOS/c1-4-17-5-6-19-21-13-16(15-27)20-14-18(28-12-11-25)7-8-23(20,3)24(21,26)10-9-22(17,19)2/h14-15,17,19,21H,4-13H2,1-3H3/t17-,19-,21-,22+,23-,24+/m0/s1. The third kappa shape index (κ3) is 2.82. The van der Waals surface area contributed by atoms with Crippen molar-refractivity contribution in [2.45, 2.75) is 77.8 Å². The molecule has 28 heavy (non-hydrogen) atoms. The molecular weight excluding hydrogens is 391 g/mol. The molecule has 4 heteroatoms. The molecule has 0 spiro atoms. The minimum absolute atomic E-state index is 0.00203. The highest BCUT2D eigenvalue weighted by Crippen LogP contribution is 2.70. The van der Waals surface area contributed by atoms with Gasteiger partial charge in [-0.1, -0.05) is 27.2 Å². The molecule has 0 aromatic heterocycles. The summed E-state index contributed by atoms with van der Waals surface area (Å²) in [7, 11) is 0. The Morgan fingerprint density at radius 2 is 2.04 bits per heavy atom. The molecular formula is C24H34ClFOS. The monoisotopic (exact) mass is 424 g/mol. The Morgan fingerprint density at radius 3 is 2.71 bits per heavy atom. The quantitative estimate of drug-likeness (QED) is 0.345. The number of rotatable bonds is 5. The molecule has 4 aliphatic carbocycles. The van der Waals surface area contributed by atoms with Crippen molar-refractivity contribution >= 4 is 29.6 Å². The molecule has 0 aromatic carbocycles. The number of hydrogen-bond donors (Lipinski definition) is 0. The Kier molecular flexibility index (Phi) is 5.58. The van der Waals surface area contributed by atoms with Gasteiger partial charge in [0, 0.05) is 23.0 Å². The van der Waals surface area contributed by atoms with Crippen molar-refractivity contribution < 1.29 is 9.18 Å². The second-order valence-corrected chi connectivity index (χ2v) is 11.6. The lowest BCUT2D eigenvalue weighted by Gasteiger charge is -2.61. The van der Waals surface area contributed by atoms with Gasteiger partial charge >= 0.3 is 0 Å². The van der Waals surface area contributed by atoms with E-state index in [2.05, 4.69) is 26.8 Å². The summed E-state index contributed by atoms with van der Waals surface area (Å²) in [6, 6.07) is 0. The summed E-state index contributed by atoms with van der Waals surface area (Å²) in [5.41, 5.74) is 0.415. The summed E-state index contributed by atoms with van der Waals surface area (Å²) in [6.07, 6.45) is 10.8. The van der Waals surface area contributed by atoms with E-state index in [0.29, 0.717) is 30.6 Å². The van der Waals surface area contributed by atoms with Crippen molar-refractivity contribution in [1.82, 2.24) is 0 Å². The van der Waals surface area contributed by atoms with Gasteiger partial charge in [0.05, 0.1) is 0 Å². The van der Waals surface area contributed by atoms with Crippen LogP contribution in [0.2, 0.25) is 0 Å². The van der Waals surface area contributed by atoms with E-state index in [1.165, 1.54) is 17.7 Å². The fourth-order valence-electron chi connectivity index (χ4n) is 7.53. The third-order valence-electron chi connectivity index (χ3n) is 9.18. The fraction of sp³-hybridized carbons (Fsp3) is 0.792. The van der Waals surface area contributed by atoms with E-state index >= 15 is 4.39 Å². The minimum Gasteiger partial charge on any atom is -0.298 e. The van der Waals surface area contributed by atoms with Gasteiger partial charge in [0.15, 0.2) is 0 Å². The molecule has 4 aliphatic rings. The lowest BCUT2D eigenvalue weighted by molar-refractivity contribution is -0.135. The van der Waals surface area contributed by atoms with Crippen LogP contribution in [0.25, 0.3) is 0 Å². The van der Waals surface area contributed by atoms with Crippen LogP contribution in [0.1, 0.15) is 72.1 Å². The predicted octanol–water partition coefficient (Wildman–Crippen LogP) is 7.10. The average Bonchev–Trinajstić information content (AvgIpc) is 3.03. The number of thioether (sulfide) groups is 1. The Morgan fingerprint density at radius 1 is 1.25 bits per heavy atom. The highest BCUT2D eigenvalue weighted by atomic mass is 35.5. The van der Waals surface area contributed by atoms with Crippen LogP contribution in [0.5, 0.6) is 0 Å². The van der Waals surface area contributed by atoms with Gasteiger partial charge in [-0.05, 0) is 84.3 Å². The lowest BCUT2D eigenvalue weighted by Crippen LogP contribution is -2.60. The summed E-state index contributed by atoms with van der Waals surface area (Å²) >= 11 is 7.63. The van der Waals surface area contributed by atoms with Crippen LogP contribution >= 0.6 is 23.4 Å². The van der Waals surface area contributed by atoms with E-state index < -0.39 is 11.1 Å². The number of fused-ring (bicyclic) bond motifs is 5. The number of hydrogen-bond acceptors (Lipinski definition) is 2. The van der Waals surface area contributed by atoms with Gasteiger partial charge in [-0.3, -0.25) is 4.79 Å². The number of aldehydes is 1. The third-order valence-corrected chi connectivity index (χ3v) is 10.7. The van der Waals surface area contributed by atoms with Gasteiger partial charge in [-0.15, -0.1) is 23.4 Å². The zero-order valence-corrected chi connectivity index (χ0v) is 19.1. The van der Waals surface area contributed by atoms with Crippen molar-refractivity contribution in [3.8, 4) is 0 Å². The molecule has 0 unspecified atom stereocenters. The summed E-state index contributed by atoms with van der Waals surface area (Å²) in [6.45, 7) is 6.83. The SMILES string of the molecule is CC[C@H]1CC[C@H]2[C@@H]3CC(C=O)=C4C=C(SCCCl)CC[C@]4(C)[C@@]3(F)CC[C@]12C. The largest absolute Gasteiger partial charge is 0.298 e. The molecule has 1 nitrogen and oxygen atoms in total. The number of carbonyl (C=O) groups excluding carboxylic acids is 1. The zero-order chi connectivity index (χ0) is 20.2. The van der Waals surface area contributed by atoms with E-state index in [1.807, 2.05) is 0 Å². The molecule has 0 heterocycles. The molecule has 0 saturated heterocycles. The van der Waals surface area contributed by atoms with Crippen molar-refractivity contribution in [2.24, 2.45) is 28.6 Å². The maximum absolute atomic E-state index is 17.1. The molecule has 6 atom stereocenters. The Hall–Kier alpha value is -0.280. The van der Waals surface area contributed by atoms with Gasteiger partial charge < -0.3 is 0 Å². The summed E-state index contributed by atoms with van der Waals surface area (Å²) in [4.78, 5) is 13.4. The predicted molar refractivity (Wildman–Crippen MR) is 117 cm³/mol. The van der Waals surface area contributed by atoms with Gasteiger partial charge in [0.1, 0.15) is 12.0 Å². The van der Waals surface area contributed by atoms with E-state index in [4.69, 9.17) is 11.6 Å². The van der Waals surface area contributed by atoms with Gasteiger partial charge in [-0.2, -0.15) is 0 Å². The van der Waals surface area contributed by atoms with E-state index in [-0.39, 0.29) is 11.3 Å². The maximum atomic E-state index is 17.1. The molecule has 2 fully saturated rings. The molecule has 0 N–H and O–H groups in total. The molecule has 0 amide bonds. The number of alkyl halides is 2. The van der Waals surface area contributed by atoms with E-state index in [9.17, 15) is 4.79 Å². The second kappa shape index (κ2) is 7.45. The van der Waals surface area contributed by atoms with Crippen molar-refractivity contribution in [2.75, 3.05) is 11.6 Å². The van der Waals surface area contributed by atoms with Gasteiger partial charge in [0.25, 0.3) is 0 Å². The summed E-state index contributed by atoms with van der Waals surface area (Å²) in [5, 5.41) is 0. The first-order chi connectivity index (χ1) is 13.3. The van der Waals surface area contributed by atoms with E-state index in [0.717, 1.165) is 48.9 Å². The number of allylic oxidation sites excluding steroid dienone is 4. The first-order valence-corrected chi connectivity index (χ1v) is 12.6. The average molecular weight is 425 g/mol. The van der Waals surface area contributed by atoms with Crippen LogP contribution in [-0.4, -0.2) is 23.6 Å². The second-order valence-electron chi connectivity index (χ2n) is 10.0. The number of halogens is 2. The van der Waals surface area contributed by atoms with Crippen LogP contribution < -0.4 is 0 Å². The van der Waals surface area contributed by atoms with Crippen molar-refractivity contribution in [3.05, 3.63) is 22.1 Å². The van der Waals surface area contributed by atoms with Gasteiger partial charge in [-0.25, -0.2) is 4.39 Å². The minimum atomic E-state index is -1.18. The van der Waals surface area contributed by atoms with Crippen LogP contribution in [0, 0.1) is 28.6 Å². The molecule has 0 radical (unpaired) electrons. The first kappa shape index (κ1) is 21.0. The molecule has 0 aromatic rings. The fourth-order valence-corrected chi connectivity index (χ4v) is 8.55. The zero-order valence-electron chi connectivity index (χ0n) is 17.5. The number of carbonyl (C=O) groups is 1. The first-order valence-electron chi connectivity index (χ1n) is 11.1. The van der Waals surface area contributed by atoms with Crippen LogP contribution in [0.15, 0.2) is 22.1 Å². The van der Waals surface area contributed by atoms with Crippen LogP contribution in [-0.2, 0) is 4.79 Å². The maximum Gasteiger partial charge on any atom is 0.146 e. The Labute approximate surface area is 178 Å². The Bertz CT molecular complexity index is 717. The molecule has 0 bridgehead atoms. The smallest absolute Gasteiger partial charge is 0.146 e. The lowest BCUT2D eigenvalue weighted by atomic mass is 9.45. The highest BCUT2D eigenvalue weighted by molar-refractivity contribution is 8.03. The van der Waals surface area contributed by atoms with Crippen molar-refractivity contribution in [3.63, 3.8) is 0 Å². The molecule has 2 saturated carbocycles. The Balaban J connectivity index is 1.76. The molecule has 0 aliphatic heterocycles. The van der Waals surface area contributed by atoms with Crippen molar-refractivity contribution in [1.29, 1.82) is 0 Å². The molecule has 4 rings (SSSR count). The normalized spacial score (nSPS) is 45.2. The summed E-state index contributed by atoms with van der Waals surface area (Å²) < 4.78 is 17.1. The topological polar surface area (TPSA) is 17.1 Å². The van der Waals surface area contributed by atoms with Gasteiger partial charge in [0.2, 0.25) is 0 Å². The summed E-state index contributed by atoms with van der Waals surface area (Å²) in [5.74, 6) is 2.62. The van der Waals surface area contributed by atoms with Crippen LogP contribution in [0.3, 0.4) is 0 Å². The van der Waals surface area contributed by atoms with Crippen LogP contribution in [0.4, 0.5) is 4.39 Å².